The maximum absolute atomic E-state index is 13.2. The van der Waals surface area contributed by atoms with Crippen molar-refractivity contribution in [2.45, 2.75) is 56.7 Å². The molecule has 0 saturated carbocycles. The third-order valence-electron chi connectivity index (χ3n) is 5.59. The molecule has 2 rings (SSSR count). The Morgan fingerprint density at radius 2 is 1.61 bits per heavy atom. The summed E-state index contributed by atoms with van der Waals surface area (Å²) in [5, 5.41) is 2.77. The fraction of sp³-hybridized carbons (Fsp3) is 0.722. The first kappa shape index (κ1) is 24.3. The number of hydrogen-bond acceptors (Lipinski definition) is 7. The Morgan fingerprint density at radius 3 is 2.19 bits per heavy atom. The molecule has 2 aliphatic rings. The van der Waals surface area contributed by atoms with Crippen LogP contribution in [0.25, 0.3) is 0 Å². The lowest BCUT2D eigenvalue weighted by Crippen LogP contribution is -2.57. The molecule has 2 aliphatic heterocycles. The Labute approximate surface area is 180 Å². The van der Waals surface area contributed by atoms with Gasteiger partial charge in [0, 0.05) is 19.6 Å². The van der Waals surface area contributed by atoms with Gasteiger partial charge in [0.1, 0.15) is 18.1 Å². The van der Waals surface area contributed by atoms with Gasteiger partial charge in [0.15, 0.2) is 5.96 Å². The second kappa shape index (κ2) is 11.5. The number of nitrogens with two attached hydrogens (primary N) is 4. The molecule has 3 atom stereocenters. The number of hydrazine groups is 1. The van der Waals surface area contributed by atoms with Crippen LogP contribution in [0.4, 0.5) is 0 Å². The number of hydrogen-bond donors (Lipinski definition) is 6. The largest absolute Gasteiger partial charge is 0.370 e. The zero-order valence-electron chi connectivity index (χ0n) is 17.6. The number of carbonyl (C=O) groups is 4. The number of nitrogens with one attached hydrogen (secondary N) is 2. The molecule has 0 aromatic carbocycles. The van der Waals surface area contributed by atoms with Crippen LogP contribution in [0.2, 0.25) is 0 Å². The van der Waals surface area contributed by atoms with Gasteiger partial charge in [-0.3, -0.25) is 29.6 Å². The summed E-state index contributed by atoms with van der Waals surface area (Å²) in [4.78, 5) is 57.0. The fourth-order valence-corrected chi connectivity index (χ4v) is 4.08. The van der Waals surface area contributed by atoms with E-state index in [-0.39, 0.29) is 37.3 Å². The van der Waals surface area contributed by atoms with Crippen LogP contribution in [0, 0.1) is 0 Å². The highest BCUT2D eigenvalue weighted by Crippen LogP contribution is 2.21. The van der Waals surface area contributed by atoms with Gasteiger partial charge in [-0.05, 0) is 38.5 Å². The highest BCUT2D eigenvalue weighted by atomic mass is 16.2. The van der Waals surface area contributed by atoms with Crippen LogP contribution in [0.1, 0.15) is 38.5 Å². The molecule has 2 saturated heterocycles. The quantitative estimate of drug-likeness (QED) is 0.0526. The summed E-state index contributed by atoms with van der Waals surface area (Å²) in [6.07, 6.45) is 3.02. The lowest BCUT2D eigenvalue weighted by atomic mass is 10.1. The Bertz CT molecular complexity index is 710. The van der Waals surface area contributed by atoms with E-state index < -0.39 is 29.9 Å². The molecule has 13 heteroatoms. The molecule has 0 aromatic rings. The minimum atomic E-state index is -0.886. The number of guanidine groups is 1. The molecule has 10 N–H and O–H groups in total. The molecule has 0 aliphatic carbocycles. The summed E-state index contributed by atoms with van der Waals surface area (Å²) >= 11 is 0. The van der Waals surface area contributed by atoms with Crippen LogP contribution >= 0.6 is 0 Å². The molecule has 0 radical (unpaired) electrons. The fourth-order valence-electron chi connectivity index (χ4n) is 4.08. The number of aliphatic imine (C=N–C) groups is 1. The SMILES string of the molecule is NCC(=O)N1CCC[C@H]1C(=O)N[C@@H](CCCN=C(N)N)C(=O)N1CCC[C@H]1C(=O)NN. The number of nitrogens with zero attached hydrogens (tertiary/aromatic N) is 3. The Hall–Kier alpha value is -2.93. The molecule has 0 spiro atoms. The zero-order valence-corrected chi connectivity index (χ0v) is 17.6. The second-order valence-corrected chi connectivity index (χ2v) is 7.66. The standard InChI is InChI=1S/C18H33N9O4/c19-10-14(28)26-8-2-5-12(26)15(29)24-11(4-1-7-23-18(20)21)17(31)27-9-3-6-13(27)16(30)25-22/h11-13H,1-10,19,22H2,(H,24,29)(H,25,30)(H4,20,21,23)/t11-,12-,13-/m0/s1. The lowest BCUT2D eigenvalue weighted by molar-refractivity contribution is -0.143. The lowest BCUT2D eigenvalue weighted by Gasteiger charge is -2.30. The van der Waals surface area contributed by atoms with E-state index in [0.717, 1.165) is 0 Å². The van der Waals surface area contributed by atoms with E-state index in [1.807, 2.05) is 0 Å². The number of amides is 4. The van der Waals surface area contributed by atoms with Crippen molar-refractivity contribution in [3.8, 4) is 0 Å². The van der Waals surface area contributed by atoms with Crippen LogP contribution in [0.3, 0.4) is 0 Å². The van der Waals surface area contributed by atoms with Gasteiger partial charge in [-0.25, -0.2) is 5.84 Å². The predicted molar refractivity (Wildman–Crippen MR) is 113 cm³/mol. The molecule has 2 fully saturated rings. The van der Waals surface area contributed by atoms with Crippen LogP contribution < -0.4 is 33.8 Å². The predicted octanol–water partition coefficient (Wildman–Crippen LogP) is -3.54. The van der Waals surface area contributed by atoms with Crippen molar-refractivity contribution in [2.75, 3.05) is 26.2 Å². The third kappa shape index (κ3) is 6.28. The Morgan fingerprint density at radius 1 is 1.00 bits per heavy atom. The zero-order chi connectivity index (χ0) is 23.0. The summed E-state index contributed by atoms with van der Waals surface area (Å²) in [7, 11) is 0. The first-order valence-electron chi connectivity index (χ1n) is 10.5. The molecule has 31 heavy (non-hydrogen) atoms. The minimum Gasteiger partial charge on any atom is -0.370 e. The molecular formula is C18H33N9O4. The normalized spacial score (nSPS) is 21.5. The molecule has 174 valence electrons. The Balaban J connectivity index is 2.13. The topological polar surface area (TPSA) is 215 Å². The van der Waals surface area contributed by atoms with Crippen LogP contribution in [0.5, 0.6) is 0 Å². The van der Waals surface area contributed by atoms with Crippen LogP contribution in [-0.2, 0) is 19.2 Å². The van der Waals surface area contributed by atoms with E-state index in [1.54, 1.807) is 0 Å². The molecule has 0 aromatic heterocycles. The van der Waals surface area contributed by atoms with Gasteiger partial charge in [0.25, 0.3) is 5.91 Å². The molecule has 2 heterocycles. The number of likely N-dealkylation sites (tertiary alicyclic amines) is 2. The first-order chi connectivity index (χ1) is 14.8. The summed E-state index contributed by atoms with van der Waals surface area (Å²) in [6.45, 7) is 0.935. The van der Waals surface area contributed by atoms with Crippen molar-refractivity contribution >= 4 is 29.6 Å². The van der Waals surface area contributed by atoms with E-state index >= 15 is 0 Å². The summed E-state index contributed by atoms with van der Waals surface area (Å²) < 4.78 is 0. The summed E-state index contributed by atoms with van der Waals surface area (Å²) in [6, 6.07) is -2.24. The third-order valence-corrected chi connectivity index (χ3v) is 5.59. The van der Waals surface area contributed by atoms with Crippen molar-refractivity contribution in [2.24, 2.45) is 28.0 Å². The minimum absolute atomic E-state index is 0.0620. The average molecular weight is 440 g/mol. The smallest absolute Gasteiger partial charge is 0.256 e. The highest BCUT2D eigenvalue weighted by molar-refractivity contribution is 5.94. The average Bonchev–Trinajstić information content (AvgIpc) is 3.43. The highest BCUT2D eigenvalue weighted by Gasteiger charge is 2.39. The molecule has 13 nitrogen and oxygen atoms in total. The van der Waals surface area contributed by atoms with E-state index in [0.29, 0.717) is 45.2 Å². The molecule has 4 amide bonds. The first-order valence-corrected chi connectivity index (χ1v) is 10.5. The van der Waals surface area contributed by atoms with E-state index in [9.17, 15) is 19.2 Å². The van der Waals surface area contributed by atoms with Gasteiger partial charge < -0.3 is 32.3 Å². The van der Waals surface area contributed by atoms with Crippen molar-refractivity contribution in [1.82, 2.24) is 20.5 Å². The van der Waals surface area contributed by atoms with Crippen molar-refractivity contribution in [3.05, 3.63) is 0 Å². The van der Waals surface area contributed by atoms with Gasteiger partial charge in [0.05, 0.1) is 6.54 Å². The molecule has 0 bridgehead atoms. The van der Waals surface area contributed by atoms with Gasteiger partial charge in [-0.2, -0.15) is 0 Å². The van der Waals surface area contributed by atoms with Crippen molar-refractivity contribution in [3.63, 3.8) is 0 Å². The number of rotatable bonds is 9. The van der Waals surface area contributed by atoms with E-state index in [1.165, 1.54) is 9.80 Å². The summed E-state index contributed by atoms with van der Waals surface area (Å²) in [5.41, 5.74) is 18.2. The van der Waals surface area contributed by atoms with Crippen molar-refractivity contribution < 1.29 is 19.2 Å². The maximum atomic E-state index is 13.2. The molecule has 0 unspecified atom stereocenters. The number of carbonyl (C=O) groups excluding carboxylic acids is 4. The van der Waals surface area contributed by atoms with E-state index in [2.05, 4.69) is 15.7 Å². The van der Waals surface area contributed by atoms with Crippen molar-refractivity contribution in [1.29, 1.82) is 0 Å². The van der Waals surface area contributed by atoms with Gasteiger partial charge in [0.2, 0.25) is 17.7 Å². The second-order valence-electron chi connectivity index (χ2n) is 7.66. The van der Waals surface area contributed by atoms with Gasteiger partial charge in [-0.15, -0.1) is 0 Å². The van der Waals surface area contributed by atoms with Gasteiger partial charge >= 0.3 is 0 Å². The maximum Gasteiger partial charge on any atom is 0.256 e. The Kier molecular flexibility index (Phi) is 9.00. The summed E-state index contributed by atoms with van der Waals surface area (Å²) in [5.74, 6) is 3.62. The van der Waals surface area contributed by atoms with E-state index in [4.69, 9.17) is 23.0 Å². The van der Waals surface area contributed by atoms with Crippen LogP contribution in [0.15, 0.2) is 4.99 Å². The van der Waals surface area contributed by atoms with Gasteiger partial charge in [-0.1, -0.05) is 0 Å². The molecular weight excluding hydrogens is 406 g/mol. The monoisotopic (exact) mass is 439 g/mol. The van der Waals surface area contributed by atoms with Crippen LogP contribution in [-0.4, -0.2) is 83.7 Å².